The standard InChI is InChI=1S/C15H25NO/c1-6-13(5)16-15(9-17)14-8-11(3)10(2)7-12(14)4/h7-8,13,15-17H,6,9H2,1-5H3. The first kappa shape index (κ1) is 14.2. The van der Waals surface area contributed by atoms with Crippen LogP contribution >= 0.6 is 0 Å². The van der Waals surface area contributed by atoms with Gasteiger partial charge in [0.1, 0.15) is 0 Å². The molecule has 0 amide bonds. The van der Waals surface area contributed by atoms with Gasteiger partial charge in [-0.25, -0.2) is 0 Å². The second kappa shape index (κ2) is 6.18. The minimum atomic E-state index is 0.0456. The van der Waals surface area contributed by atoms with Crippen LogP contribution in [-0.4, -0.2) is 17.8 Å². The molecule has 1 rings (SSSR count). The number of aryl methyl sites for hydroxylation is 3. The third kappa shape index (κ3) is 3.55. The molecular weight excluding hydrogens is 210 g/mol. The van der Waals surface area contributed by atoms with Gasteiger partial charge in [0.25, 0.3) is 0 Å². The Labute approximate surface area is 105 Å². The lowest BCUT2D eigenvalue weighted by molar-refractivity contribution is 0.233. The molecule has 2 atom stereocenters. The zero-order chi connectivity index (χ0) is 13.0. The Balaban J connectivity index is 2.99. The molecule has 2 heteroatoms. The molecule has 0 aliphatic carbocycles. The van der Waals surface area contributed by atoms with Crippen LogP contribution in [0.25, 0.3) is 0 Å². The smallest absolute Gasteiger partial charge is 0.0626 e. The van der Waals surface area contributed by atoms with Gasteiger partial charge in [-0.15, -0.1) is 0 Å². The molecule has 2 N–H and O–H groups in total. The fourth-order valence-corrected chi connectivity index (χ4v) is 2.06. The van der Waals surface area contributed by atoms with Crippen molar-refractivity contribution in [2.75, 3.05) is 6.61 Å². The van der Waals surface area contributed by atoms with Crippen molar-refractivity contribution in [1.29, 1.82) is 0 Å². The zero-order valence-corrected chi connectivity index (χ0v) is 11.7. The minimum Gasteiger partial charge on any atom is -0.394 e. The van der Waals surface area contributed by atoms with E-state index in [1.165, 1.54) is 22.3 Å². The van der Waals surface area contributed by atoms with Crippen molar-refractivity contribution in [1.82, 2.24) is 5.32 Å². The third-order valence-corrected chi connectivity index (χ3v) is 3.54. The first-order valence-electron chi connectivity index (χ1n) is 6.44. The SMILES string of the molecule is CCC(C)NC(CO)c1cc(C)c(C)cc1C. The lowest BCUT2D eigenvalue weighted by Crippen LogP contribution is -2.32. The van der Waals surface area contributed by atoms with E-state index in [1.54, 1.807) is 0 Å². The number of hydrogen-bond acceptors (Lipinski definition) is 2. The zero-order valence-electron chi connectivity index (χ0n) is 11.7. The highest BCUT2D eigenvalue weighted by Gasteiger charge is 2.15. The summed E-state index contributed by atoms with van der Waals surface area (Å²) in [5.74, 6) is 0. The molecule has 0 radical (unpaired) electrons. The summed E-state index contributed by atoms with van der Waals surface area (Å²) in [5.41, 5.74) is 5.07. The average molecular weight is 235 g/mol. The summed E-state index contributed by atoms with van der Waals surface area (Å²) >= 11 is 0. The Morgan fingerprint density at radius 2 is 1.71 bits per heavy atom. The van der Waals surface area contributed by atoms with Crippen LogP contribution in [0.3, 0.4) is 0 Å². The van der Waals surface area contributed by atoms with Gasteiger partial charge >= 0.3 is 0 Å². The molecule has 0 heterocycles. The van der Waals surface area contributed by atoms with E-state index in [-0.39, 0.29) is 12.6 Å². The molecule has 17 heavy (non-hydrogen) atoms. The topological polar surface area (TPSA) is 32.3 Å². The summed E-state index contributed by atoms with van der Waals surface area (Å²) in [6.45, 7) is 10.8. The minimum absolute atomic E-state index is 0.0456. The van der Waals surface area contributed by atoms with Gasteiger partial charge in [0.2, 0.25) is 0 Å². The van der Waals surface area contributed by atoms with Crippen molar-refractivity contribution in [3.05, 3.63) is 34.4 Å². The maximum absolute atomic E-state index is 9.55. The molecule has 0 fully saturated rings. The first-order valence-corrected chi connectivity index (χ1v) is 6.44. The normalized spacial score (nSPS) is 14.7. The van der Waals surface area contributed by atoms with Crippen molar-refractivity contribution in [3.8, 4) is 0 Å². The molecule has 0 saturated heterocycles. The molecular formula is C15H25NO. The summed E-state index contributed by atoms with van der Waals surface area (Å²) in [4.78, 5) is 0. The van der Waals surface area contributed by atoms with E-state index in [4.69, 9.17) is 0 Å². The predicted molar refractivity (Wildman–Crippen MR) is 73.4 cm³/mol. The van der Waals surface area contributed by atoms with E-state index in [9.17, 15) is 5.11 Å². The molecule has 0 saturated carbocycles. The van der Waals surface area contributed by atoms with Crippen molar-refractivity contribution >= 4 is 0 Å². The van der Waals surface area contributed by atoms with Crippen LogP contribution < -0.4 is 5.32 Å². The van der Waals surface area contributed by atoms with E-state index >= 15 is 0 Å². The molecule has 0 aliphatic rings. The molecule has 0 bridgehead atoms. The number of aliphatic hydroxyl groups is 1. The molecule has 1 aromatic carbocycles. The number of hydrogen-bond donors (Lipinski definition) is 2. The second-order valence-corrected chi connectivity index (χ2v) is 5.00. The molecule has 96 valence electrons. The molecule has 1 aromatic rings. The van der Waals surface area contributed by atoms with Gasteiger partial charge < -0.3 is 10.4 Å². The highest BCUT2D eigenvalue weighted by molar-refractivity contribution is 5.38. The molecule has 0 aromatic heterocycles. The summed E-state index contributed by atoms with van der Waals surface area (Å²) in [6.07, 6.45) is 1.07. The van der Waals surface area contributed by atoms with E-state index in [1.807, 2.05) is 0 Å². The van der Waals surface area contributed by atoms with Crippen molar-refractivity contribution < 1.29 is 5.11 Å². The third-order valence-electron chi connectivity index (χ3n) is 3.54. The maximum Gasteiger partial charge on any atom is 0.0626 e. The molecule has 2 unspecified atom stereocenters. The van der Waals surface area contributed by atoms with Gasteiger partial charge in [-0.3, -0.25) is 0 Å². The Bertz CT molecular complexity index is 373. The van der Waals surface area contributed by atoms with E-state index in [2.05, 4.69) is 52.1 Å². The number of nitrogens with one attached hydrogen (secondary N) is 1. The van der Waals surface area contributed by atoms with Crippen LogP contribution in [0.1, 0.15) is 48.6 Å². The lowest BCUT2D eigenvalue weighted by atomic mass is 9.95. The fraction of sp³-hybridized carbons (Fsp3) is 0.600. The van der Waals surface area contributed by atoms with Crippen LogP contribution in [0.4, 0.5) is 0 Å². The first-order chi connectivity index (χ1) is 7.99. The quantitative estimate of drug-likeness (QED) is 0.822. The molecule has 0 aliphatic heterocycles. The maximum atomic E-state index is 9.55. The highest BCUT2D eigenvalue weighted by atomic mass is 16.3. The highest BCUT2D eigenvalue weighted by Crippen LogP contribution is 2.22. The largest absolute Gasteiger partial charge is 0.394 e. The summed E-state index contributed by atoms with van der Waals surface area (Å²) in [5, 5.41) is 13.0. The van der Waals surface area contributed by atoms with Gasteiger partial charge in [-0.05, 0) is 56.4 Å². The lowest BCUT2D eigenvalue weighted by Gasteiger charge is -2.23. The molecule has 2 nitrogen and oxygen atoms in total. The Morgan fingerprint density at radius 1 is 1.12 bits per heavy atom. The van der Waals surface area contributed by atoms with Crippen molar-refractivity contribution in [2.24, 2.45) is 0 Å². The summed E-state index contributed by atoms with van der Waals surface area (Å²) in [7, 11) is 0. The summed E-state index contributed by atoms with van der Waals surface area (Å²) < 4.78 is 0. The van der Waals surface area contributed by atoms with Crippen molar-refractivity contribution in [2.45, 2.75) is 53.1 Å². The Morgan fingerprint density at radius 3 is 2.24 bits per heavy atom. The monoisotopic (exact) mass is 235 g/mol. The Hall–Kier alpha value is -0.860. The number of benzene rings is 1. The summed E-state index contributed by atoms with van der Waals surface area (Å²) in [6, 6.07) is 4.87. The Kier molecular flexibility index (Phi) is 5.16. The van der Waals surface area contributed by atoms with Crippen LogP contribution in [0.2, 0.25) is 0 Å². The van der Waals surface area contributed by atoms with Crippen LogP contribution in [0, 0.1) is 20.8 Å². The van der Waals surface area contributed by atoms with Crippen LogP contribution in [0.5, 0.6) is 0 Å². The van der Waals surface area contributed by atoms with Crippen molar-refractivity contribution in [3.63, 3.8) is 0 Å². The van der Waals surface area contributed by atoms with Gasteiger partial charge in [0, 0.05) is 6.04 Å². The van der Waals surface area contributed by atoms with Gasteiger partial charge in [0.05, 0.1) is 12.6 Å². The van der Waals surface area contributed by atoms with Crippen LogP contribution in [-0.2, 0) is 0 Å². The van der Waals surface area contributed by atoms with E-state index in [0.717, 1.165) is 6.42 Å². The number of aliphatic hydroxyl groups excluding tert-OH is 1. The van der Waals surface area contributed by atoms with E-state index in [0.29, 0.717) is 6.04 Å². The molecule has 0 spiro atoms. The van der Waals surface area contributed by atoms with Gasteiger partial charge in [0.15, 0.2) is 0 Å². The van der Waals surface area contributed by atoms with Gasteiger partial charge in [-0.1, -0.05) is 19.1 Å². The van der Waals surface area contributed by atoms with E-state index < -0.39 is 0 Å². The average Bonchev–Trinajstić information content (AvgIpc) is 2.30. The number of rotatable bonds is 5. The van der Waals surface area contributed by atoms with Gasteiger partial charge in [-0.2, -0.15) is 0 Å². The predicted octanol–water partition coefficient (Wildman–Crippen LogP) is 3.03. The van der Waals surface area contributed by atoms with Crippen LogP contribution in [0.15, 0.2) is 12.1 Å². The second-order valence-electron chi connectivity index (χ2n) is 5.00. The fourth-order valence-electron chi connectivity index (χ4n) is 2.06.